The molecule has 1 heteroatoms. The molecule has 0 amide bonds. The molecule has 0 radical (unpaired) electrons. The molecular formula is C38H27N. The molecule has 0 aliphatic heterocycles. The number of aromatic nitrogens is 1. The SMILES string of the molecule is Cc1ccc2c(c1)c1ccccc1n2-c1ccc(C2(c3ccccc3)c3ccccc3-c3ccccc32)cc1. The Kier molecular flexibility index (Phi) is 4.72. The fraction of sp³-hybridized carbons (Fsp3) is 0.0526. The minimum absolute atomic E-state index is 0.370. The molecule has 0 atom stereocenters. The van der Waals surface area contributed by atoms with Gasteiger partial charge in [-0.05, 0) is 70.6 Å². The lowest BCUT2D eigenvalue weighted by Crippen LogP contribution is -2.28. The van der Waals surface area contributed by atoms with Crippen molar-refractivity contribution in [2.24, 2.45) is 0 Å². The molecule has 184 valence electrons. The highest BCUT2D eigenvalue weighted by Crippen LogP contribution is 2.56. The summed E-state index contributed by atoms with van der Waals surface area (Å²) >= 11 is 0. The summed E-state index contributed by atoms with van der Waals surface area (Å²) in [6.45, 7) is 2.17. The summed E-state index contributed by atoms with van der Waals surface area (Å²) in [4.78, 5) is 0. The lowest BCUT2D eigenvalue weighted by atomic mass is 9.68. The Morgan fingerprint density at radius 1 is 0.462 bits per heavy atom. The first-order valence-electron chi connectivity index (χ1n) is 13.6. The van der Waals surface area contributed by atoms with Crippen LogP contribution in [0.3, 0.4) is 0 Å². The Hall–Kier alpha value is -4.88. The van der Waals surface area contributed by atoms with Crippen molar-refractivity contribution < 1.29 is 0 Å². The van der Waals surface area contributed by atoms with Crippen LogP contribution in [0, 0.1) is 6.92 Å². The fourth-order valence-electron chi connectivity index (χ4n) is 6.94. The van der Waals surface area contributed by atoms with E-state index < -0.39 is 0 Å². The van der Waals surface area contributed by atoms with Gasteiger partial charge in [0.25, 0.3) is 0 Å². The number of hydrogen-bond donors (Lipinski definition) is 0. The fourth-order valence-corrected chi connectivity index (χ4v) is 6.94. The average molecular weight is 498 g/mol. The van der Waals surface area contributed by atoms with Gasteiger partial charge in [-0.15, -0.1) is 0 Å². The van der Waals surface area contributed by atoms with Crippen LogP contribution in [0.1, 0.15) is 27.8 Å². The van der Waals surface area contributed by atoms with Crippen molar-refractivity contribution in [3.8, 4) is 16.8 Å². The van der Waals surface area contributed by atoms with Crippen LogP contribution in [0.2, 0.25) is 0 Å². The summed E-state index contributed by atoms with van der Waals surface area (Å²) < 4.78 is 2.40. The molecule has 7 aromatic rings. The van der Waals surface area contributed by atoms with Gasteiger partial charge in [-0.25, -0.2) is 0 Å². The van der Waals surface area contributed by atoms with E-state index in [1.807, 2.05) is 0 Å². The van der Waals surface area contributed by atoms with Gasteiger partial charge < -0.3 is 4.57 Å². The predicted octanol–water partition coefficient (Wildman–Crippen LogP) is 9.46. The van der Waals surface area contributed by atoms with Gasteiger partial charge in [0.2, 0.25) is 0 Å². The van der Waals surface area contributed by atoms with E-state index in [4.69, 9.17) is 0 Å². The van der Waals surface area contributed by atoms with Crippen LogP contribution in [0.5, 0.6) is 0 Å². The number of para-hydroxylation sites is 1. The zero-order chi connectivity index (χ0) is 26.0. The molecule has 1 heterocycles. The van der Waals surface area contributed by atoms with Gasteiger partial charge in [-0.3, -0.25) is 0 Å². The Bertz CT molecular complexity index is 1960. The molecule has 1 nitrogen and oxygen atoms in total. The maximum atomic E-state index is 2.40. The summed E-state index contributed by atoms with van der Waals surface area (Å²) in [6, 6.07) is 53.6. The van der Waals surface area contributed by atoms with Crippen LogP contribution in [0.4, 0.5) is 0 Å². The number of nitrogens with zero attached hydrogens (tertiary/aromatic N) is 1. The highest BCUT2D eigenvalue weighted by atomic mass is 15.0. The second-order valence-corrected chi connectivity index (χ2v) is 10.6. The van der Waals surface area contributed by atoms with E-state index in [1.54, 1.807) is 0 Å². The topological polar surface area (TPSA) is 4.93 Å². The van der Waals surface area contributed by atoms with E-state index in [2.05, 4.69) is 157 Å². The monoisotopic (exact) mass is 497 g/mol. The Morgan fingerprint density at radius 2 is 1.03 bits per heavy atom. The largest absolute Gasteiger partial charge is 0.309 e. The molecule has 1 aliphatic carbocycles. The quantitative estimate of drug-likeness (QED) is 0.229. The number of aryl methyl sites for hydroxylation is 1. The van der Waals surface area contributed by atoms with Crippen LogP contribution >= 0.6 is 0 Å². The standard InChI is InChI=1S/C38H27N/c1-26-19-24-37-33(25-26)32-15-7-10-18-36(32)39(37)29-22-20-28(21-23-29)38(27-11-3-2-4-12-27)34-16-8-5-13-30(34)31-14-6-9-17-35(31)38/h2-25H,1H3. The highest BCUT2D eigenvalue weighted by Gasteiger charge is 2.45. The van der Waals surface area contributed by atoms with Crippen molar-refractivity contribution in [1.29, 1.82) is 0 Å². The van der Waals surface area contributed by atoms with Crippen molar-refractivity contribution >= 4 is 21.8 Å². The Morgan fingerprint density at radius 3 is 1.74 bits per heavy atom. The third kappa shape index (κ3) is 3.02. The van der Waals surface area contributed by atoms with Gasteiger partial charge in [0.15, 0.2) is 0 Å². The number of hydrogen-bond acceptors (Lipinski definition) is 0. The smallest absolute Gasteiger partial charge is 0.0713 e. The molecule has 39 heavy (non-hydrogen) atoms. The minimum Gasteiger partial charge on any atom is -0.309 e. The molecule has 0 bridgehead atoms. The zero-order valence-electron chi connectivity index (χ0n) is 21.8. The second-order valence-electron chi connectivity index (χ2n) is 10.6. The molecule has 0 saturated heterocycles. The summed E-state index contributed by atoms with van der Waals surface area (Å²) in [6.07, 6.45) is 0. The van der Waals surface area contributed by atoms with E-state index in [0.717, 1.165) is 0 Å². The number of benzene rings is 6. The van der Waals surface area contributed by atoms with E-state index in [0.29, 0.717) is 0 Å². The normalized spacial score (nSPS) is 13.5. The molecule has 0 unspecified atom stereocenters. The Balaban J connectivity index is 1.40. The van der Waals surface area contributed by atoms with Gasteiger partial charge in [0.1, 0.15) is 0 Å². The first-order valence-corrected chi connectivity index (χ1v) is 13.6. The molecule has 1 aromatic heterocycles. The number of rotatable bonds is 3. The summed E-state index contributed by atoms with van der Waals surface area (Å²) in [5.74, 6) is 0. The van der Waals surface area contributed by atoms with Gasteiger partial charge >= 0.3 is 0 Å². The van der Waals surface area contributed by atoms with Gasteiger partial charge in [-0.2, -0.15) is 0 Å². The average Bonchev–Trinajstić information content (AvgIpc) is 3.49. The molecule has 0 spiro atoms. The highest BCUT2D eigenvalue weighted by molar-refractivity contribution is 6.09. The summed E-state index contributed by atoms with van der Waals surface area (Å²) in [5, 5.41) is 2.59. The van der Waals surface area contributed by atoms with Crippen LogP contribution in [-0.2, 0) is 5.41 Å². The molecule has 1 aliphatic rings. The van der Waals surface area contributed by atoms with Gasteiger partial charge in [-0.1, -0.05) is 121 Å². The molecule has 8 rings (SSSR count). The van der Waals surface area contributed by atoms with Crippen molar-refractivity contribution in [3.63, 3.8) is 0 Å². The first kappa shape index (κ1) is 22.1. The summed E-state index contributed by atoms with van der Waals surface area (Å²) in [7, 11) is 0. The molecule has 0 N–H and O–H groups in total. The van der Waals surface area contributed by atoms with Crippen molar-refractivity contribution in [2.45, 2.75) is 12.3 Å². The van der Waals surface area contributed by atoms with Crippen LogP contribution in [0.25, 0.3) is 38.6 Å². The van der Waals surface area contributed by atoms with Crippen molar-refractivity contribution in [2.75, 3.05) is 0 Å². The summed E-state index contributed by atoms with van der Waals surface area (Å²) in [5.41, 5.74) is 12.5. The second kappa shape index (κ2) is 8.31. The maximum Gasteiger partial charge on any atom is 0.0713 e. The Labute approximate surface area is 228 Å². The molecule has 0 saturated carbocycles. The van der Waals surface area contributed by atoms with Crippen LogP contribution in [-0.4, -0.2) is 4.57 Å². The van der Waals surface area contributed by atoms with Gasteiger partial charge in [0.05, 0.1) is 16.4 Å². The molecule has 0 fully saturated rings. The van der Waals surface area contributed by atoms with Crippen LogP contribution in [0.15, 0.2) is 146 Å². The zero-order valence-corrected chi connectivity index (χ0v) is 21.8. The van der Waals surface area contributed by atoms with E-state index in [9.17, 15) is 0 Å². The number of fused-ring (bicyclic) bond motifs is 6. The first-order chi connectivity index (χ1) is 19.3. The minimum atomic E-state index is -0.370. The van der Waals surface area contributed by atoms with Gasteiger partial charge in [0, 0.05) is 16.5 Å². The lowest BCUT2D eigenvalue weighted by molar-refractivity contribution is 0.768. The lowest BCUT2D eigenvalue weighted by Gasteiger charge is -2.34. The molecular weight excluding hydrogens is 470 g/mol. The molecule has 6 aromatic carbocycles. The van der Waals surface area contributed by atoms with Crippen LogP contribution < -0.4 is 0 Å². The predicted molar refractivity (Wildman–Crippen MR) is 163 cm³/mol. The third-order valence-electron chi connectivity index (χ3n) is 8.55. The van der Waals surface area contributed by atoms with Crippen molar-refractivity contribution in [3.05, 3.63) is 173 Å². The van der Waals surface area contributed by atoms with E-state index in [-0.39, 0.29) is 5.41 Å². The maximum absolute atomic E-state index is 2.40. The van der Waals surface area contributed by atoms with E-state index >= 15 is 0 Å². The third-order valence-corrected chi connectivity index (χ3v) is 8.55. The van der Waals surface area contributed by atoms with E-state index in [1.165, 1.54) is 66.4 Å². The van der Waals surface area contributed by atoms with Crippen molar-refractivity contribution in [1.82, 2.24) is 4.57 Å².